The number of hydrogen-bond donors (Lipinski definition) is 1. The molecular weight excluding hydrogens is 280 g/mol. The fourth-order valence-corrected chi connectivity index (χ4v) is 3.08. The Labute approximate surface area is 122 Å². The van der Waals surface area contributed by atoms with Crippen LogP contribution in [0.4, 0.5) is 0 Å². The molecular formula is C13H19ClN4S. The molecule has 4 nitrogen and oxygen atoms in total. The Balaban J connectivity index is 2.00. The largest absolute Gasteiger partial charge is 0.306 e. The molecule has 1 N–H and O–H groups in total. The molecule has 0 aliphatic carbocycles. The molecule has 2 aromatic heterocycles. The van der Waals surface area contributed by atoms with E-state index in [4.69, 9.17) is 11.6 Å². The van der Waals surface area contributed by atoms with Gasteiger partial charge in [0.2, 0.25) is 0 Å². The van der Waals surface area contributed by atoms with E-state index in [1.54, 1.807) is 11.3 Å². The molecule has 2 aromatic rings. The van der Waals surface area contributed by atoms with Gasteiger partial charge in [-0.3, -0.25) is 4.68 Å². The van der Waals surface area contributed by atoms with Crippen LogP contribution >= 0.6 is 22.9 Å². The van der Waals surface area contributed by atoms with Crippen molar-refractivity contribution in [2.24, 2.45) is 0 Å². The lowest BCUT2D eigenvalue weighted by Gasteiger charge is -2.06. The van der Waals surface area contributed by atoms with Gasteiger partial charge in [-0.05, 0) is 20.3 Å². The lowest BCUT2D eigenvalue weighted by molar-refractivity contribution is 0.579. The maximum absolute atomic E-state index is 6.36. The Morgan fingerprint density at radius 3 is 2.74 bits per heavy atom. The zero-order valence-corrected chi connectivity index (χ0v) is 13.1. The van der Waals surface area contributed by atoms with Gasteiger partial charge in [-0.25, -0.2) is 4.98 Å². The molecule has 0 fully saturated rings. The highest BCUT2D eigenvalue weighted by Gasteiger charge is 2.13. The third-order valence-corrected chi connectivity index (χ3v) is 4.30. The molecule has 0 amide bonds. The zero-order valence-electron chi connectivity index (χ0n) is 11.5. The summed E-state index contributed by atoms with van der Waals surface area (Å²) in [6.45, 7) is 8.57. The zero-order chi connectivity index (χ0) is 13.8. The highest BCUT2D eigenvalue weighted by atomic mass is 35.5. The second kappa shape index (κ2) is 6.50. The van der Waals surface area contributed by atoms with Crippen molar-refractivity contribution in [3.05, 3.63) is 32.5 Å². The van der Waals surface area contributed by atoms with Gasteiger partial charge in [0, 0.05) is 30.7 Å². The molecule has 2 heterocycles. The van der Waals surface area contributed by atoms with Crippen LogP contribution in [0.15, 0.2) is 6.20 Å². The summed E-state index contributed by atoms with van der Waals surface area (Å²) in [7, 11) is 0. The van der Waals surface area contributed by atoms with Crippen molar-refractivity contribution in [1.82, 2.24) is 20.1 Å². The topological polar surface area (TPSA) is 42.7 Å². The van der Waals surface area contributed by atoms with Crippen LogP contribution in [0.3, 0.4) is 0 Å². The minimum absolute atomic E-state index is 0.733. The van der Waals surface area contributed by atoms with Crippen LogP contribution in [-0.4, -0.2) is 14.8 Å². The van der Waals surface area contributed by atoms with E-state index in [0.29, 0.717) is 0 Å². The number of halogens is 1. The lowest BCUT2D eigenvalue weighted by atomic mass is 10.3. The van der Waals surface area contributed by atoms with E-state index in [1.807, 2.05) is 17.8 Å². The SMILES string of the molecule is CCc1nn(CC)c(CNCc2cnc(C)s2)c1Cl. The van der Waals surface area contributed by atoms with E-state index in [0.717, 1.165) is 47.5 Å². The number of nitrogens with zero attached hydrogens (tertiary/aromatic N) is 3. The first-order valence-corrected chi connectivity index (χ1v) is 7.71. The smallest absolute Gasteiger partial charge is 0.0897 e. The van der Waals surface area contributed by atoms with Crippen LogP contribution in [0, 0.1) is 6.92 Å². The molecule has 6 heteroatoms. The fourth-order valence-electron chi connectivity index (χ4n) is 1.98. The minimum Gasteiger partial charge on any atom is -0.306 e. The Kier molecular flexibility index (Phi) is 4.96. The van der Waals surface area contributed by atoms with Crippen molar-refractivity contribution in [1.29, 1.82) is 0 Å². The molecule has 0 radical (unpaired) electrons. The summed E-state index contributed by atoms with van der Waals surface area (Å²) < 4.78 is 1.98. The summed E-state index contributed by atoms with van der Waals surface area (Å²) in [4.78, 5) is 5.49. The van der Waals surface area contributed by atoms with Crippen LogP contribution < -0.4 is 5.32 Å². The molecule has 0 aliphatic rings. The Bertz CT molecular complexity index is 547. The number of aromatic nitrogens is 3. The van der Waals surface area contributed by atoms with Gasteiger partial charge in [0.25, 0.3) is 0 Å². The second-order valence-electron chi connectivity index (χ2n) is 4.33. The quantitative estimate of drug-likeness (QED) is 0.891. The summed E-state index contributed by atoms with van der Waals surface area (Å²) in [5.74, 6) is 0. The average Bonchev–Trinajstić information content (AvgIpc) is 2.94. The van der Waals surface area contributed by atoms with E-state index in [-0.39, 0.29) is 0 Å². The highest BCUT2D eigenvalue weighted by Crippen LogP contribution is 2.21. The van der Waals surface area contributed by atoms with Gasteiger partial charge < -0.3 is 5.32 Å². The van der Waals surface area contributed by atoms with Crippen molar-refractivity contribution >= 4 is 22.9 Å². The summed E-state index contributed by atoms with van der Waals surface area (Å²) in [5.41, 5.74) is 2.05. The van der Waals surface area contributed by atoms with Gasteiger partial charge >= 0.3 is 0 Å². The first-order chi connectivity index (χ1) is 9.15. The standard InChI is InChI=1S/C13H19ClN4S/c1-4-11-13(14)12(18(5-2)17-11)8-15-6-10-7-16-9(3)19-10/h7,15H,4-6,8H2,1-3H3. The molecule has 19 heavy (non-hydrogen) atoms. The lowest BCUT2D eigenvalue weighted by Crippen LogP contribution is -2.15. The van der Waals surface area contributed by atoms with E-state index >= 15 is 0 Å². The van der Waals surface area contributed by atoms with Crippen LogP contribution in [0.25, 0.3) is 0 Å². The molecule has 0 atom stereocenters. The van der Waals surface area contributed by atoms with Gasteiger partial charge in [-0.2, -0.15) is 5.10 Å². The Morgan fingerprint density at radius 1 is 1.37 bits per heavy atom. The number of aryl methyl sites for hydroxylation is 3. The predicted octanol–water partition coefficient (Wildman–Crippen LogP) is 3.17. The first-order valence-electron chi connectivity index (χ1n) is 6.51. The maximum Gasteiger partial charge on any atom is 0.0897 e. The van der Waals surface area contributed by atoms with Crippen molar-refractivity contribution in [2.45, 2.75) is 46.8 Å². The van der Waals surface area contributed by atoms with Crippen molar-refractivity contribution < 1.29 is 0 Å². The van der Waals surface area contributed by atoms with E-state index < -0.39 is 0 Å². The molecule has 0 saturated heterocycles. The minimum atomic E-state index is 0.733. The molecule has 0 saturated carbocycles. The summed E-state index contributed by atoms with van der Waals surface area (Å²) >= 11 is 8.08. The van der Waals surface area contributed by atoms with E-state index in [9.17, 15) is 0 Å². The summed E-state index contributed by atoms with van der Waals surface area (Å²) in [5, 5.41) is 9.82. The monoisotopic (exact) mass is 298 g/mol. The third-order valence-electron chi connectivity index (χ3n) is 2.95. The molecule has 2 rings (SSSR count). The fraction of sp³-hybridized carbons (Fsp3) is 0.538. The van der Waals surface area contributed by atoms with Crippen molar-refractivity contribution in [3.8, 4) is 0 Å². The van der Waals surface area contributed by atoms with Crippen LogP contribution in [-0.2, 0) is 26.1 Å². The molecule has 0 aliphatic heterocycles. The predicted molar refractivity (Wildman–Crippen MR) is 79.7 cm³/mol. The van der Waals surface area contributed by atoms with Gasteiger partial charge in [0.05, 0.1) is 21.4 Å². The molecule has 0 unspecified atom stereocenters. The maximum atomic E-state index is 6.36. The number of thiazole rings is 1. The third kappa shape index (κ3) is 3.35. The van der Waals surface area contributed by atoms with Gasteiger partial charge in [-0.1, -0.05) is 18.5 Å². The molecule has 0 spiro atoms. The molecule has 0 aromatic carbocycles. The highest BCUT2D eigenvalue weighted by molar-refractivity contribution is 7.11. The Morgan fingerprint density at radius 2 is 2.16 bits per heavy atom. The van der Waals surface area contributed by atoms with Crippen LogP contribution in [0.1, 0.15) is 35.1 Å². The molecule has 104 valence electrons. The van der Waals surface area contributed by atoms with Crippen molar-refractivity contribution in [3.63, 3.8) is 0 Å². The summed E-state index contributed by atoms with van der Waals surface area (Å²) in [6.07, 6.45) is 2.79. The van der Waals surface area contributed by atoms with Gasteiger partial charge in [-0.15, -0.1) is 11.3 Å². The number of rotatable bonds is 6. The van der Waals surface area contributed by atoms with Crippen LogP contribution in [0.5, 0.6) is 0 Å². The van der Waals surface area contributed by atoms with Crippen LogP contribution in [0.2, 0.25) is 5.02 Å². The first kappa shape index (κ1) is 14.5. The average molecular weight is 299 g/mol. The second-order valence-corrected chi connectivity index (χ2v) is 6.02. The van der Waals surface area contributed by atoms with Crippen molar-refractivity contribution in [2.75, 3.05) is 0 Å². The Hall–Kier alpha value is -0.910. The van der Waals surface area contributed by atoms with E-state index in [1.165, 1.54) is 4.88 Å². The number of hydrogen-bond acceptors (Lipinski definition) is 4. The van der Waals surface area contributed by atoms with Gasteiger partial charge in [0.1, 0.15) is 0 Å². The summed E-state index contributed by atoms with van der Waals surface area (Å²) in [6, 6.07) is 0. The van der Waals surface area contributed by atoms with Gasteiger partial charge in [0.15, 0.2) is 0 Å². The normalized spacial score (nSPS) is 11.2. The molecule has 0 bridgehead atoms. The number of nitrogens with one attached hydrogen (secondary N) is 1. The van der Waals surface area contributed by atoms with E-state index in [2.05, 4.69) is 29.2 Å².